The number of carbonyl (C=O) groups excluding carboxylic acids is 1. The van der Waals surface area contributed by atoms with Crippen LogP contribution in [0, 0.1) is 17.8 Å². The van der Waals surface area contributed by atoms with Gasteiger partial charge in [0.25, 0.3) is 5.91 Å². The monoisotopic (exact) mass is 296 g/mol. The van der Waals surface area contributed by atoms with E-state index >= 15 is 0 Å². The molecule has 0 aromatic carbocycles. The van der Waals surface area contributed by atoms with Gasteiger partial charge in [0.15, 0.2) is 0 Å². The summed E-state index contributed by atoms with van der Waals surface area (Å²) in [6.07, 6.45) is 12.6. The third-order valence-corrected chi connectivity index (χ3v) is 4.94. The van der Waals surface area contributed by atoms with Crippen LogP contribution in [0.3, 0.4) is 0 Å². The van der Waals surface area contributed by atoms with E-state index in [0.29, 0.717) is 17.4 Å². The summed E-state index contributed by atoms with van der Waals surface area (Å²) >= 11 is 0. The third-order valence-electron chi connectivity index (χ3n) is 4.94. The minimum absolute atomic E-state index is 0.0384. The van der Waals surface area contributed by atoms with Crippen molar-refractivity contribution in [1.29, 1.82) is 0 Å². The Labute approximate surface area is 129 Å². The summed E-state index contributed by atoms with van der Waals surface area (Å²) in [7, 11) is 1.85. The van der Waals surface area contributed by atoms with Crippen LogP contribution in [0.4, 0.5) is 0 Å². The molecular weight excluding hydrogens is 276 g/mol. The molecular formula is C17H20N4O. The maximum Gasteiger partial charge on any atom is 0.256 e. The highest BCUT2D eigenvalue weighted by molar-refractivity contribution is 5.97. The number of amides is 1. The van der Waals surface area contributed by atoms with Gasteiger partial charge in [-0.15, -0.1) is 0 Å². The fourth-order valence-corrected chi connectivity index (χ4v) is 3.82. The summed E-state index contributed by atoms with van der Waals surface area (Å²) in [5.74, 6) is 2.74. The number of nitrogens with zero attached hydrogens (tertiary/aromatic N) is 3. The molecule has 2 aromatic heterocycles. The van der Waals surface area contributed by atoms with Gasteiger partial charge in [0.05, 0.1) is 6.20 Å². The molecule has 0 aliphatic heterocycles. The van der Waals surface area contributed by atoms with E-state index in [2.05, 4.69) is 22.6 Å². The minimum Gasteiger partial charge on any atom is -0.352 e. The first-order valence-electron chi connectivity index (χ1n) is 7.84. The first-order chi connectivity index (χ1) is 10.7. The molecule has 1 saturated carbocycles. The Balaban J connectivity index is 1.48. The van der Waals surface area contributed by atoms with Gasteiger partial charge in [-0.25, -0.2) is 0 Å². The van der Waals surface area contributed by atoms with E-state index in [1.165, 1.54) is 12.8 Å². The van der Waals surface area contributed by atoms with Crippen LogP contribution in [0.1, 0.15) is 23.2 Å². The molecule has 2 aliphatic carbocycles. The Hall–Kier alpha value is -2.30. The number of hydrogen-bond acceptors (Lipinski definition) is 2. The lowest BCUT2D eigenvalue weighted by molar-refractivity contribution is 0.0945. The van der Waals surface area contributed by atoms with Crippen molar-refractivity contribution < 1.29 is 4.79 Å². The number of fused-ring (bicyclic) bond motifs is 2. The average molecular weight is 296 g/mol. The SMILES string of the molecule is Cn1ncc(C(=O)NC[C@@H]2C[C@@H]3C=C[C@H]2C3)c1-n1cccc1. The fraction of sp³-hybridized carbons (Fsp3) is 0.412. The molecule has 2 heterocycles. The fourth-order valence-electron chi connectivity index (χ4n) is 3.82. The Morgan fingerprint density at radius 1 is 1.32 bits per heavy atom. The van der Waals surface area contributed by atoms with Crippen LogP contribution >= 0.6 is 0 Å². The first-order valence-corrected chi connectivity index (χ1v) is 7.84. The zero-order valence-electron chi connectivity index (χ0n) is 12.6. The number of nitrogens with one attached hydrogen (secondary N) is 1. The molecule has 2 aliphatic rings. The highest BCUT2D eigenvalue weighted by Crippen LogP contribution is 2.42. The van der Waals surface area contributed by atoms with Gasteiger partial charge in [0.1, 0.15) is 11.4 Å². The summed E-state index contributed by atoms with van der Waals surface area (Å²) in [5, 5.41) is 7.34. The number of hydrogen-bond donors (Lipinski definition) is 1. The van der Waals surface area contributed by atoms with Gasteiger partial charge in [-0.2, -0.15) is 5.10 Å². The molecule has 0 saturated heterocycles. The molecule has 22 heavy (non-hydrogen) atoms. The topological polar surface area (TPSA) is 51.9 Å². The Bertz CT molecular complexity index is 713. The van der Waals surface area contributed by atoms with E-state index in [0.717, 1.165) is 18.3 Å². The lowest BCUT2D eigenvalue weighted by Crippen LogP contribution is -2.31. The summed E-state index contributed by atoms with van der Waals surface area (Å²) < 4.78 is 3.65. The predicted octanol–water partition coefficient (Wildman–Crippen LogP) is 2.15. The Morgan fingerprint density at radius 3 is 2.82 bits per heavy atom. The zero-order valence-corrected chi connectivity index (χ0v) is 12.6. The zero-order chi connectivity index (χ0) is 15.1. The highest BCUT2D eigenvalue weighted by Gasteiger charge is 2.35. The van der Waals surface area contributed by atoms with Gasteiger partial charge in [-0.3, -0.25) is 9.48 Å². The van der Waals surface area contributed by atoms with E-state index in [1.54, 1.807) is 10.9 Å². The average Bonchev–Trinajstić information content (AvgIpc) is 3.27. The predicted molar refractivity (Wildman–Crippen MR) is 83.7 cm³/mol. The number of aryl methyl sites for hydroxylation is 1. The van der Waals surface area contributed by atoms with Gasteiger partial charge in [-0.1, -0.05) is 12.2 Å². The van der Waals surface area contributed by atoms with Crippen molar-refractivity contribution in [2.45, 2.75) is 12.8 Å². The van der Waals surface area contributed by atoms with Gasteiger partial charge in [0.2, 0.25) is 0 Å². The Kier molecular flexibility index (Phi) is 3.13. The van der Waals surface area contributed by atoms with Crippen molar-refractivity contribution in [1.82, 2.24) is 19.7 Å². The van der Waals surface area contributed by atoms with Gasteiger partial charge >= 0.3 is 0 Å². The second-order valence-corrected chi connectivity index (χ2v) is 6.35. The second kappa shape index (κ2) is 5.16. The Morgan fingerprint density at radius 2 is 2.14 bits per heavy atom. The minimum atomic E-state index is -0.0384. The number of rotatable bonds is 4. The van der Waals surface area contributed by atoms with Crippen LogP contribution in [0.25, 0.3) is 5.82 Å². The summed E-state index contributed by atoms with van der Waals surface area (Å²) in [6, 6.07) is 3.88. The molecule has 2 aromatic rings. The molecule has 0 spiro atoms. The van der Waals surface area contributed by atoms with Crippen molar-refractivity contribution >= 4 is 5.91 Å². The highest BCUT2D eigenvalue weighted by atomic mass is 16.1. The van der Waals surface area contributed by atoms with Crippen molar-refractivity contribution in [3.05, 3.63) is 48.4 Å². The normalized spacial score (nSPS) is 25.8. The van der Waals surface area contributed by atoms with Gasteiger partial charge < -0.3 is 9.88 Å². The standard InChI is InChI=1S/C17H20N4O/c1-20-17(21-6-2-3-7-21)15(11-19-20)16(22)18-10-14-9-12-4-5-13(14)8-12/h2-7,11-14H,8-10H2,1H3,(H,18,22)/t12-,13+,14+/m1/s1. The molecule has 4 rings (SSSR count). The maximum atomic E-state index is 12.5. The van der Waals surface area contributed by atoms with Gasteiger partial charge in [-0.05, 0) is 42.7 Å². The molecule has 0 unspecified atom stereocenters. The molecule has 5 heteroatoms. The van der Waals surface area contributed by atoms with Gasteiger partial charge in [0, 0.05) is 26.0 Å². The van der Waals surface area contributed by atoms with Crippen molar-refractivity contribution in [3.8, 4) is 5.82 Å². The summed E-state index contributed by atoms with van der Waals surface area (Å²) in [5.41, 5.74) is 0.623. The smallest absolute Gasteiger partial charge is 0.256 e. The first kappa shape index (κ1) is 13.4. The van der Waals surface area contributed by atoms with Crippen LogP contribution < -0.4 is 5.32 Å². The quantitative estimate of drug-likeness (QED) is 0.879. The van der Waals surface area contributed by atoms with E-state index in [9.17, 15) is 4.79 Å². The summed E-state index contributed by atoms with van der Waals surface area (Å²) in [4.78, 5) is 12.5. The van der Waals surface area contributed by atoms with E-state index in [4.69, 9.17) is 0 Å². The van der Waals surface area contributed by atoms with E-state index < -0.39 is 0 Å². The lowest BCUT2D eigenvalue weighted by atomic mass is 9.93. The largest absolute Gasteiger partial charge is 0.352 e. The number of allylic oxidation sites excluding steroid dienone is 2. The molecule has 0 radical (unpaired) electrons. The maximum absolute atomic E-state index is 12.5. The number of aromatic nitrogens is 3. The van der Waals surface area contributed by atoms with Crippen molar-refractivity contribution in [2.75, 3.05) is 6.54 Å². The molecule has 114 valence electrons. The molecule has 2 bridgehead atoms. The third kappa shape index (κ3) is 2.17. The summed E-state index contributed by atoms with van der Waals surface area (Å²) in [6.45, 7) is 0.754. The second-order valence-electron chi connectivity index (χ2n) is 6.35. The molecule has 3 atom stereocenters. The van der Waals surface area contributed by atoms with Crippen LogP contribution in [0.5, 0.6) is 0 Å². The number of carbonyl (C=O) groups is 1. The van der Waals surface area contributed by atoms with Crippen LogP contribution in [0.15, 0.2) is 42.9 Å². The van der Waals surface area contributed by atoms with Crippen LogP contribution in [0.2, 0.25) is 0 Å². The van der Waals surface area contributed by atoms with E-state index in [1.807, 2.05) is 36.1 Å². The van der Waals surface area contributed by atoms with Crippen LogP contribution in [-0.2, 0) is 7.05 Å². The van der Waals surface area contributed by atoms with E-state index in [-0.39, 0.29) is 5.91 Å². The lowest BCUT2D eigenvalue weighted by Gasteiger charge is -2.18. The van der Waals surface area contributed by atoms with Crippen molar-refractivity contribution in [3.63, 3.8) is 0 Å². The van der Waals surface area contributed by atoms with Crippen LogP contribution in [-0.4, -0.2) is 26.8 Å². The molecule has 1 fully saturated rings. The molecule has 1 amide bonds. The molecule has 1 N–H and O–H groups in total. The van der Waals surface area contributed by atoms with Crippen molar-refractivity contribution in [2.24, 2.45) is 24.8 Å². The molecule has 5 nitrogen and oxygen atoms in total.